The first-order chi connectivity index (χ1) is 10.8. The fraction of sp³-hybridized carbons (Fsp3) is 0.688. The molecule has 7 nitrogen and oxygen atoms in total. The molecule has 0 bridgehead atoms. The fourth-order valence-electron chi connectivity index (χ4n) is 3.15. The normalized spacial score (nSPS) is 23.3. The minimum absolute atomic E-state index is 0.0103. The molecule has 0 spiro atoms. The van der Waals surface area contributed by atoms with Crippen LogP contribution in [0.4, 0.5) is 5.82 Å². The second-order valence-corrected chi connectivity index (χ2v) is 7.08. The van der Waals surface area contributed by atoms with E-state index in [-0.39, 0.29) is 17.7 Å². The molecule has 23 heavy (non-hydrogen) atoms. The standard InChI is InChI=1S/C16H26N6O/c1-11-6-14(22-15(20-11)18-10-19-22)17-9-16(4,5)21-7-12(2)23-13(3)8-21/h6,10,12-13,17H,7-9H2,1-5H3. The summed E-state index contributed by atoms with van der Waals surface area (Å²) in [6.07, 6.45) is 2.06. The highest BCUT2D eigenvalue weighted by atomic mass is 16.5. The van der Waals surface area contributed by atoms with E-state index in [0.717, 1.165) is 31.1 Å². The Morgan fingerprint density at radius 3 is 2.70 bits per heavy atom. The van der Waals surface area contributed by atoms with E-state index in [1.807, 2.05) is 13.0 Å². The lowest BCUT2D eigenvalue weighted by Crippen LogP contribution is -2.57. The maximum absolute atomic E-state index is 5.84. The first kappa shape index (κ1) is 16.1. The Morgan fingerprint density at radius 2 is 2.00 bits per heavy atom. The van der Waals surface area contributed by atoms with Gasteiger partial charge < -0.3 is 10.1 Å². The summed E-state index contributed by atoms with van der Waals surface area (Å²) in [4.78, 5) is 11.0. The van der Waals surface area contributed by atoms with Gasteiger partial charge in [-0.3, -0.25) is 4.90 Å². The monoisotopic (exact) mass is 318 g/mol. The molecule has 1 aliphatic rings. The SMILES string of the molecule is Cc1cc(NCC(C)(C)N2CC(C)OC(C)C2)n2ncnc2n1. The number of aromatic nitrogens is 4. The Morgan fingerprint density at radius 1 is 1.30 bits per heavy atom. The summed E-state index contributed by atoms with van der Waals surface area (Å²) in [7, 11) is 0. The summed E-state index contributed by atoms with van der Waals surface area (Å²) in [5.74, 6) is 1.55. The van der Waals surface area contributed by atoms with Crippen molar-refractivity contribution in [1.29, 1.82) is 0 Å². The molecule has 0 aliphatic carbocycles. The average Bonchev–Trinajstić information content (AvgIpc) is 2.92. The Bertz CT molecular complexity index is 672. The van der Waals surface area contributed by atoms with Crippen molar-refractivity contribution < 1.29 is 4.74 Å². The quantitative estimate of drug-likeness (QED) is 0.926. The lowest BCUT2D eigenvalue weighted by Gasteiger charge is -2.45. The van der Waals surface area contributed by atoms with E-state index in [1.165, 1.54) is 6.33 Å². The summed E-state index contributed by atoms with van der Waals surface area (Å²) >= 11 is 0. The molecule has 3 heterocycles. The van der Waals surface area contributed by atoms with Crippen LogP contribution in [0.1, 0.15) is 33.4 Å². The highest BCUT2D eigenvalue weighted by Gasteiger charge is 2.33. The average molecular weight is 318 g/mol. The van der Waals surface area contributed by atoms with Crippen LogP contribution < -0.4 is 5.32 Å². The molecule has 2 aromatic rings. The number of nitrogens with one attached hydrogen (secondary N) is 1. The molecule has 1 saturated heterocycles. The molecular formula is C16H26N6O. The van der Waals surface area contributed by atoms with Crippen molar-refractivity contribution in [3.63, 3.8) is 0 Å². The van der Waals surface area contributed by atoms with Crippen molar-refractivity contribution in [2.24, 2.45) is 0 Å². The maximum atomic E-state index is 5.84. The van der Waals surface area contributed by atoms with Gasteiger partial charge in [-0.05, 0) is 34.6 Å². The molecule has 1 fully saturated rings. The highest BCUT2D eigenvalue weighted by molar-refractivity contribution is 5.44. The van der Waals surface area contributed by atoms with Gasteiger partial charge in [0, 0.05) is 36.9 Å². The Balaban J connectivity index is 1.74. The van der Waals surface area contributed by atoms with Gasteiger partial charge in [0.05, 0.1) is 12.2 Å². The number of hydrogen-bond donors (Lipinski definition) is 1. The molecule has 2 aromatic heterocycles. The van der Waals surface area contributed by atoms with Gasteiger partial charge in [-0.25, -0.2) is 4.98 Å². The second-order valence-electron chi connectivity index (χ2n) is 7.08. The van der Waals surface area contributed by atoms with Crippen molar-refractivity contribution >= 4 is 11.6 Å². The van der Waals surface area contributed by atoms with E-state index in [1.54, 1.807) is 4.52 Å². The van der Waals surface area contributed by atoms with Gasteiger partial charge in [0.2, 0.25) is 0 Å². The summed E-state index contributed by atoms with van der Waals surface area (Å²) in [5.41, 5.74) is 0.940. The number of hydrogen-bond acceptors (Lipinski definition) is 6. The van der Waals surface area contributed by atoms with Crippen molar-refractivity contribution in [3.05, 3.63) is 18.1 Å². The Hall–Kier alpha value is -1.73. The second kappa shape index (κ2) is 6.05. The molecule has 0 saturated carbocycles. The van der Waals surface area contributed by atoms with Crippen molar-refractivity contribution in [1.82, 2.24) is 24.5 Å². The third-order valence-corrected chi connectivity index (χ3v) is 4.36. The molecule has 1 aliphatic heterocycles. The topological polar surface area (TPSA) is 67.6 Å². The van der Waals surface area contributed by atoms with Crippen LogP contribution >= 0.6 is 0 Å². The lowest BCUT2D eigenvalue weighted by molar-refractivity contribution is -0.0933. The number of anilines is 1. The third kappa shape index (κ3) is 3.45. The number of morpholine rings is 1. The molecule has 2 atom stereocenters. The molecule has 0 amide bonds. The predicted octanol–water partition coefficient (Wildman–Crippen LogP) is 1.73. The zero-order valence-corrected chi connectivity index (χ0v) is 14.6. The summed E-state index contributed by atoms with van der Waals surface area (Å²) in [5, 5.41) is 7.76. The Labute approximate surface area is 137 Å². The van der Waals surface area contributed by atoms with E-state index >= 15 is 0 Å². The Kier molecular flexibility index (Phi) is 4.25. The number of ether oxygens (including phenoxy) is 1. The minimum Gasteiger partial charge on any atom is -0.373 e. The molecule has 2 unspecified atom stereocenters. The summed E-state index contributed by atoms with van der Waals surface area (Å²) in [6, 6.07) is 2.00. The van der Waals surface area contributed by atoms with Crippen LogP contribution in [0, 0.1) is 6.92 Å². The highest BCUT2D eigenvalue weighted by Crippen LogP contribution is 2.22. The van der Waals surface area contributed by atoms with Gasteiger partial charge in [-0.1, -0.05) is 0 Å². The fourth-order valence-corrected chi connectivity index (χ4v) is 3.15. The van der Waals surface area contributed by atoms with Crippen molar-refractivity contribution in [2.45, 2.75) is 52.4 Å². The molecule has 126 valence electrons. The van der Waals surface area contributed by atoms with Gasteiger partial charge in [0.15, 0.2) is 0 Å². The third-order valence-electron chi connectivity index (χ3n) is 4.36. The first-order valence-electron chi connectivity index (χ1n) is 8.17. The zero-order valence-electron chi connectivity index (χ0n) is 14.6. The maximum Gasteiger partial charge on any atom is 0.254 e. The summed E-state index contributed by atoms with van der Waals surface area (Å²) in [6.45, 7) is 13.5. The van der Waals surface area contributed by atoms with Crippen LogP contribution in [0.5, 0.6) is 0 Å². The van der Waals surface area contributed by atoms with Gasteiger partial charge in [-0.15, -0.1) is 0 Å². The largest absolute Gasteiger partial charge is 0.373 e. The van der Waals surface area contributed by atoms with E-state index in [2.05, 4.69) is 53.0 Å². The first-order valence-corrected chi connectivity index (χ1v) is 8.17. The van der Waals surface area contributed by atoms with Crippen LogP contribution in [0.3, 0.4) is 0 Å². The van der Waals surface area contributed by atoms with Crippen LogP contribution in [0.25, 0.3) is 5.78 Å². The van der Waals surface area contributed by atoms with Crippen LogP contribution in [-0.4, -0.2) is 61.9 Å². The molecule has 7 heteroatoms. The minimum atomic E-state index is 0.0103. The number of aryl methyl sites for hydroxylation is 1. The van der Waals surface area contributed by atoms with Crippen molar-refractivity contribution in [3.8, 4) is 0 Å². The van der Waals surface area contributed by atoms with Gasteiger partial charge in [0.25, 0.3) is 5.78 Å². The van der Waals surface area contributed by atoms with E-state index < -0.39 is 0 Å². The molecular weight excluding hydrogens is 292 g/mol. The van der Waals surface area contributed by atoms with Crippen molar-refractivity contribution in [2.75, 3.05) is 25.0 Å². The van der Waals surface area contributed by atoms with E-state index in [9.17, 15) is 0 Å². The van der Waals surface area contributed by atoms with E-state index in [0.29, 0.717) is 5.78 Å². The molecule has 0 radical (unpaired) electrons. The predicted molar refractivity (Wildman–Crippen MR) is 89.7 cm³/mol. The smallest absolute Gasteiger partial charge is 0.254 e. The number of nitrogens with zero attached hydrogens (tertiary/aromatic N) is 5. The summed E-state index contributed by atoms with van der Waals surface area (Å²) < 4.78 is 7.59. The van der Waals surface area contributed by atoms with Gasteiger partial charge >= 0.3 is 0 Å². The number of fused-ring (bicyclic) bond motifs is 1. The van der Waals surface area contributed by atoms with E-state index in [4.69, 9.17) is 4.74 Å². The van der Waals surface area contributed by atoms with Crippen LogP contribution in [0.2, 0.25) is 0 Å². The zero-order chi connectivity index (χ0) is 16.6. The van der Waals surface area contributed by atoms with Gasteiger partial charge in [0.1, 0.15) is 12.1 Å². The van der Waals surface area contributed by atoms with Crippen LogP contribution in [0.15, 0.2) is 12.4 Å². The number of rotatable bonds is 4. The molecule has 1 N–H and O–H groups in total. The van der Waals surface area contributed by atoms with Crippen LogP contribution in [-0.2, 0) is 4.74 Å². The lowest BCUT2D eigenvalue weighted by atomic mass is 10.00. The van der Waals surface area contributed by atoms with Gasteiger partial charge in [-0.2, -0.15) is 14.6 Å². The molecule has 3 rings (SSSR count). The molecule has 0 aromatic carbocycles.